The van der Waals surface area contributed by atoms with E-state index >= 15 is 0 Å². The van der Waals surface area contributed by atoms with E-state index in [2.05, 4.69) is 4.90 Å². The highest BCUT2D eigenvalue weighted by Gasteiger charge is 2.38. The summed E-state index contributed by atoms with van der Waals surface area (Å²) in [4.78, 5) is 29.0. The zero-order chi connectivity index (χ0) is 16.5. The van der Waals surface area contributed by atoms with Crippen LogP contribution >= 0.6 is 0 Å². The molecule has 0 saturated carbocycles. The molecule has 1 saturated heterocycles. The van der Waals surface area contributed by atoms with E-state index in [1.165, 1.54) is 11.3 Å². The normalized spacial score (nSPS) is 19.6. The number of nitrogens with zero attached hydrogens (tertiary/aromatic N) is 2. The van der Waals surface area contributed by atoms with Crippen LogP contribution in [0.2, 0.25) is 0 Å². The molecule has 2 aliphatic rings. The van der Waals surface area contributed by atoms with Crippen molar-refractivity contribution in [1.82, 2.24) is 9.80 Å². The number of likely N-dealkylation sites (tertiary alicyclic amines) is 1. The van der Waals surface area contributed by atoms with E-state index in [4.69, 9.17) is 4.42 Å². The van der Waals surface area contributed by atoms with E-state index < -0.39 is 0 Å². The lowest BCUT2D eigenvalue weighted by molar-refractivity contribution is 0.0551. The Hall–Kier alpha value is -2.40. The zero-order valence-corrected chi connectivity index (χ0v) is 13.5. The standard InChI is InChI=1S/C19H20N2O3/c22-18-14-7-2-3-8-15(14)19(23)21(18)13-16(17-9-6-12-24-17)20-10-4-1-5-11-20/h2-3,6-9,12,16H,1,4-5,10-11,13H2. The molecule has 5 nitrogen and oxygen atoms in total. The number of hydrogen-bond acceptors (Lipinski definition) is 4. The highest BCUT2D eigenvalue weighted by molar-refractivity contribution is 6.21. The quantitative estimate of drug-likeness (QED) is 0.811. The Bertz CT molecular complexity index is 713. The molecule has 1 atom stereocenters. The number of amides is 2. The van der Waals surface area contributed by atoms with Crippen molar-refractivity contribution >= 4 is 11.8 Å². The Balaban J connectivity index is 1.61. The molecule has 0 N–H and O–H groups in total. The smallest absolute Gasteiger partial charge is 0.261 e. The summed E-state index contributed by atoms with van der Waals surface area (Å²) < 4.78 is 5.62. The fourth-order valence-corrected chi connectivity index (χ4v) is 3.67. The molecule has 1 unspecified atom stereocenters. The number of carbonyl (C=O) groups is 2. The molecule has 5 heteroatoms. The summed E-state index contributed by atoms with van der Waals surface area (Å²) >= 11 is 0. The second-order valence-corrected chi connectivity index (χ2v) is 6.39. The molecule has 0 radical (unpaired) electrons. The molecule has 1 aromatic carbocycles. The number of imide groups is 1. The van der Waals surface area contributed by atoms with Crippen LogP contribution in [-0.2, 0) is 0 Å². The van der Waals surface area contributed by atoms with Crippen molar-refractivity contribution in [2.24, 2.45) is 0 Å². The van der Waals surface area contributed by atoms with E-state index in [-0.39, 0.29) is 17.9 Å². The van der Waals surface area contributed by atoms with Gasteiger partial charge in [0.15, 0.2) is 0 Å². The van der Waals surface area contributed by atoms with E-state index in [0.29, 0.717) is 17.7 Å². The van der Waals surface area contributed by atoms with E-state index in [1.807, 2.05) is 12.1 Å². The molecule has 3 heterocycles. The number of fused-ring (bicyclic) bond motifs is 1. The van der Waals surface area contributed by atoms with Crippen LogP contribution < -0.4 is 0 Å². The molecule has 0 bridgehead atoms. The Kier molecular flexibility index (Phi) is 3.94. The Morgan fingerprint density at radius 3 is 2.17 bits per heavy atom. The van der Waals surface area contributed by atoms with E-state index in [9.17, 15) is 9.59 Å². The summed E-state index contributed by atoms with van der Waals surface area (Å²) in [6, 6.07) is 10.7. The summed E-state index contributed by atoms with van der Waals surface area (Å²) in [5.41, 5.74) is 0.999. The van der Waals surface area contributed by atoms with E-state index in [0.717, 1.165) is 31.7 Å². The zero-order valence-electron chi connectivity index (χ0n) is 13.5. The third kappa shape index (κ3) is 2.55. The van der Waals surface area contributed by atoms with Crippen LogP contribution in [0.25, 0.3) is 0 Å². The van der Waals surface area contributed by atoms with Gasteiger partial charge in [-0.05, 0) is 50.2 Å². The average Bonchev–Trinajstić information content (AvgIpc) is 3.23. The minimum absolute atomic E-state index is 0.0810. The maximum atomic E-state index is 12.7. The average molecular weight is 324 g/mol. The van der Waals surface area contributed by atoms with Crippen LogP contribution in [0.4, 0.5) is 0 Å². The first-order valence-corrected chi connectivity index (χ1v) is 8.48. The topological polar surface area (TPSA) is 53.8 Å². The Morgan fingerprint density at radius 2 is 1.58 bits per heavy atom. The third-order valence-electron chi connectivity index (χ3n) is 4.94. The minimum Gasteiger partial charge on any atom is -0.468 e. The van der Waals surface area contributed by atoms with Gasteiger partial charge in [-0.2, -0.15) is 0 Å². The van der Waals surface area contributed by atoms with Crippen molar-refractivity contribution in [1.29, 1.82) is 0 Å². The van der Waals surface area contributed by atoms with Crippen molar-refractivity contribution < 1.29 is 14.0 Å². The first kappa shape index (κ1) is 15.1. The molecular weight excluding hydrogens is 304 g/mol. The summed E-state index contributed by atoms with van der Waals surface area (Å²) in [7, 11) is 0. The predicted molar refractivity (Wildman–Crippen MR) is 88.7 cm³/mol. The molecular formula is C19H20N2O3. The van der Waals surface area contributed by atoms with Crippen LogP contribution in [0.3, 0.4) is 0 Å². The Morgan fingerprint density at radius 1 is 0.917 bits per heavy atom. The first-order valence-electron chi connectivity index (χ1n) is 8.48. The van der Waals surface area contributed by atoms with Gasteiger partial charge in [0.1, 0.15) is 5.76 Å². The second-order valence-electron chi connectivity index (χ2n) is 6.39. The number of piperidine rings is 1. The van der Waals surface area contributed by atoms with Crippen molar-refractivity contribution in [3.63, 3.8) is 0 Å². The summed E-state index contributed by atoms with van der Waals surface area (Å²) in [5.74, 6) is 0.404. The number of carbonyl (C=O) groups excluding carboxylic acids is 2. The van der Waals surface area contributed by atoms with Crippen molar-refractivity contribution in [2.75, 3.05) is 19.6 Å². The predicted octanol–water partition coefficient (Wildman–Crippen LogP) is 3.10. The minimum atomic E-state index is -0.204. The van der Waals surface area contributed by atoms with E-state index in [1.54, 1.807) is 30.5 Å². The van der Waals surface area contributed by atoms with Gasteiger partial charge in [-0.1, -0.05) is 18.6 Å². The lowest BCUT2D eigenvalue weighted by Crippen LogP contribution is -2.42. The molecule has 2 amide bonds. The monoisotopic (exact) mass is 324 g/mol. The third-order valence-corrected chi connectivity index (χ3v) is 4.94. The molecule has 2 aromatic rings. The van der Waals surface area contributed by atoms with Crippen LogP contribution in [0.5, 0.6) is 0 Å². The molecule has 4 rings (SSSR count). The van der Waals surface area contributed by atoms with Crippen LogP contribution in [0.1, 0.15) is 51.8 Å². The largest absolute Gasteiger partial charge is 0.468 e. The van der Waals surface area contributed by atoms with Gasteiger partial charge in [-0.3, -0.25) is 19.4 Å². The molecule has 2 aliphatic heterocycles. The number of furan rings is 1. The first-order chi connectivity index (χ1) is 11.8. The molecule has 1 fully saturated rings. The van der Waals surface area contributed by atoms with Crippen LogP contribution in [0, 0.1) is 0 Å². The van der Waals surface area contributed by atoms with Gasteiger partial charge in [-0.25, -0.2) is 0 Å². The summed E-state index contributed by atoms with van der Waals surface area (Å²) in [6.07, 6.45) is 5.15. The molecule has 0 aliphatic carbocycles. The highest BCUT2D eigenvalue weighted by atomic mass is 16.3. The maximum Gasteiger partial charge on any atom is 0.261 e. The molecule has 0 spiro atoms. The van der Waals surface area contributed by atoms with Gasteiger partial charge >= 0.3 is 0 Å². The van der Waals surface area contributed by atoms with Crippen molar-refractivity contribution in [2.45, 2.75) is 25.3 Å². The number of rotatable bonds is 4. The molecule has 1 aromatic heterocycles. The van der Waals surface area contributed by atoms with Crippen LogP contribution in [0.15, 0.2) is 47.1 Å². The highest BCUT2D eigenvalue weighted by Crippen LogP contribution is 2.30. The fourth-order valence-electron chi connectivity index (χ4n) is 3.67. The van der Waals surface area contributed by atoms with Gasteiger partial charge in [0.2, 0.25) is 0 Å². The molecule has 124 valence electrons. The summed E-state index contributed by atoms with van der Waals surface area (Å²) in [6.45, 7) is 2.27. The van der Waals surface area contributed by atoms with Gasteiger partial charge in [-0.15, -0.1) is 0 Å². The van der Waals surface area contributed by atoms with Crippen LogP contribution in [-0.4, -0.2) is 41.2 Å². The maximum absolute atomic E-state index is 12.7. The van der Waals surface area contributed by atoms with Crippen molar-refractivity contribution in [3.05, 3.63) is 59.5 Å². The van der Waals surface area contributed by atoms with Gasteiger partial charge in [0.25, 0.3) is 11.8 Å². The number of hydrogen-bond donors (Lipinski definition) is 0. The van der Waals surface area contributed by atoms with Gasteiger partial charge < -0.3 is 4.42 Å². The fraction of sp³-hybridized carbons (Fsp3) is 0.368. The Labute approximate surface area is 140 Å². The second kappa shape index (κ2) is 6.24. The lowest BCUT2D eigenvalue weighted by atomic mass is 10.1. The van der Waals surface area contributed by atoms with Gasteiger partial charge in [0.05, 0.1) is 30.0 Å². The summed E-state index contributed by atoms with van der Waals surface area (Å²) in [5, 5.41) is 0. The molecule has 24 heavy (non-hydrogen) atoms. The lowest BCUT2D eigenvalue weighted by Gasteiger charge is -2.35. The SMILES string of the molecule is O=C1c2ccccc2C(=O)N1CC(c1ccco1)N1CCCCC1. The number of benzene rings is 1. The van der Waals surface area contributed by atoms with Crippen molar-refractivity contribution in [3.8, 4) is 0 Å². The van der Waals surface area contributed by atoms with Gasteiger partial charge in [0, 0.05) is 0 Å².